The van der Waals surface area contributed by atoms with E-state index in [9.17, 15) is 14.4 Å². The zero-order chi connectivity index (χ0) is 23.8. The molecule has 4 rings (SSSR count). The molecule has 176 valence electrons. The van der Waals surface area contributed by atoms with Crippen LogP contribution in [0.15, 0.2) is 27.4 Å². The molecule has 0 bridgehead atoms. The van der Waals surface area contributed by atoms with Gasteiger partial charge in [-0.25, -0.2) is 4.98 Å². The number of nitrogens with one attached hydrogen (secondary N) is 1. The van der Waals surface area contributed by atoms with Crippen molar-refractivity contribution >= 4 is 46.0 Å². The number of amides is 3. The van der Waals surface area contributed by atoms with E-state index in [1.165, 1.54) is 23.1 Å². The Bertz CT molecular complexity index is 1090. The Morgan fingerprint density at radius 3 is 2.42 bits per heavy atom. The summed E-state index contributed by atoms with van der Waals surface area (Å²) < 4.78 is 6.43. The highest BCUT2D eigenvalue weighted by Crippen LogP contribution is 2.46. The van der Waals surface area contributed by atoms with Crippen LogP contribution < -0.4 is 10.1 Å². The third-order valence-electron chi connectivity index (χ3n) is 6.20. The fourth-order valence-corrected chi connectivity index (χ4v) is 5.57. The van der Waals surface area contributed by atoms with Crippen LogP contribution in [0.4, 0.5) is 5.13 Å². The molecule has 0 radical (unpaired) electrons. The van der Waals surface area contributed by atoms with Crippen LogP contribution in [0.2, 0.25) is 0 Å². The molecule has 1 aromatic carbocycles. The quantitative estimate of drug-likeness (QED) is 0.667. The van der Waals surface area contributed by atoms with Crippen molar-refractivity contribution in [1.82, 2.24) is 14.8 Å². The number of piperazine rings is 1. The standard InChI is InChI=1S/C23H28N4O4S2/c1-14-11-17(31-4)16(20(29)27-9-7-26(8-10-27)15(2)28)12-18(14)32-19-13-24-22(33-19)25-21(30)23(3)5-6-23/h11-13H,5-10H2,1-4H3,(H,24,25,30). The van der Waals surface area contributed by atoms with Crippen molar-refractivity contribution in [3.63, 3.8) is 0 Å². The molecule has 1 saturated heterocycles. The number of carbonyl (C=O) groups excluding carboxylic acids is 3. The van der Waals surface area contributed by atoms with Crippen LogP contribution in [0.25, 0.3) is 0 Å². The van der Waals surface area contributed by atoms with E-state index in [0.717, 1.165) is 27.5 Å². The highest BCUT2D eigenvalue weighted by atomic mass is 32.2. The molecular formula is C23H28N4O4S2. The van der Waals surface area contributed by atoms with Gasteiger partial charge in [-0.1, -0.05) is 30.0 Å². The lowest BCUT2D eigenvalue weighted by Crippen LogP contribution is -2.50. The van der Waals surface area contributed by atoms with Gasteiger partial charge < -0.3 is 19.9 Å². The number of anilines is 1. The summed E-state index contributed by atoms with van der Waals surface area (Å²) in [6.45, 7) is 7.54. The third-order valence-corrected chi connectivity index (χ3v) is 8.38. The molecule has 1 aliphatic heterocycles. The maximum atomic E-state index is 13.3. The van der Waals surface area contributed by atoms with Crippen LogP contribution >= 0.6 is 23.1 Å². The minimum absolute atomic E-state index is 0.0202. The van der Waals surface area contributed by atoms with Crippen LogP contribution in [-0.4, -0.2) is 65.8 Å². The summed E-state index contributed by atoms with van der Waals surface area (Å²) in [5, 5.41) is 3.50. The molecule has 1 aromatic heterocycles. The molecular weight excluding hydrogens is 460 g/mol. The van der Waals surface area contributed by atoms with Crippen molar-refractivity contribution in [2.75, 3.05) is 38.6 Å². The summed E-state index contributed by atoms with van der Waals surface area (Å²) in [7, 11) is 1.56. The van der Waals surface area contributed by atoms with Gasteiger partial charge in [0.25, 0.3) is 5.91 Å². The molecule has 2 aromatic rings. The van der Waals surface area contributed by atoms with E-state index < -0.39 is 0 Å². The predicted octanol–water partition coefficient (Wildman–Crippen LogP) is 3.65. The molecule has 0 spiro atoms. The molecule has 10 heteroatoms. The average molecular weight is 489 g/mol. The van der Waals surface area contributed by atoms with Crippen LogP contribution in [0.1, 0.15) is 42.6 Å². The number of nitrogens with zero attached hydrogens (tertiary/aromatic N) is 3. The van der Waals surface area contributed by atoms with Crippen molar-refractivity contribution in [2.45, 2.75) is 42.7 Å². The van der Waals surface area contributed by atoms with Gasteiger partial charge in [-0.15, -0.1) is 0 Å². The molecule has 8 nitrogen and oxygen atoms in total. The number of hydrogen-bond acceptors (Lipinski definition) is 7. The molecule has 2 aliphatic rings. The van der Waals surface area contributed by atoms with Gasteiger partial charge in [-0.05, 0) is 37.5 Å². The first-order chi connectivity index (χ1) is 15.7. The van der Waals surface area contributed by atoms with Crippen LogP contribution in [-0.2, 0) is 9.59 Å². The summed E-state index contributed by atoms with van der Waals surface area (Å²) in [6, 6.07) is 3.74. The van der Waals surface area contributed by atoms with Crippen molar-refractivity contribution in [3.8, 4) is 5.75 Å². The van der Waals surface area contributed by atoms with Gasteiger partial charge in [0, 0.05) is 43.4 Å². The van der Waals surface area contributed by atoms with Crippen LogP contribution in [0.3, 0.4) is 0 Å². The number of aromatic nitrogens is 1. The van der Waals surface area contributed by atoms with E-state index in [4.69, 9.17) is 4.74 Å². The lowest BCUT2D eigenvalue weighted by atomic mass is 10.1. The summed E-state index contributed by atoms with van der Waals surface area (Å²) in [5.41, 5.74) is 1.23. The molecule has 2 fully saturated rings. The molecule has 0 atom stereocenters. The number of benzene rings is 1. The molecule has 1 N–H and O–H groups in total. The number of carbonyl (C=O) groups is 3. The molecule has 2 heterocycles. The second kappa shape index (κ2) is 9.34. The van der Waals surface area contributed by atoms with Crippen molar-refractivity contribution in [3.05, 3.63) is 29.5 Å². The summed E-state index contributed by atoms with van der Waals surface area (Å²) in [6.07, 6.45) is 3.57. The smallest absolute Gasteiger partial charge is 0.257 e. The topological polar surface area (TPSA) is 91.8 Å². The molecule has 3 amide bonds. The van der Waals surface area contributed by atoms with Gasteiger partial charge in [0.2, 0.25) is 11.8 Å². The zero-order valence-corrected chi connectivity index (χ0v) is 20.9. The highest BCUT2D eigenvalue weighted by Gasteiger charge is 2.45. The fourth-order valence-electron chi connectivity index (χ4n) is 3.64. The lowest BCUT2D eigenvalue weighted by Gasteiger charge is -2.34. The fraction of sp³-hybridized carbons (Fsp3) is 0.478. The van der Waals surface area contributed by atoms with E-state index in [0.29, 0.717) is 42.6 Å². The summed E-state index contributed by atoms with van der Waals surface area (Å²) >= 11 is 2.93. The third kappa shape index (κ3) is 5.16. The summed E-state index contributed by atoms with van der Waals surface area (Å²) in [5.74, 6) is 0.476. The number of rotatable bonds is 6. The SMILES string of the molecule is COc1cc(C)c(Sc2cnc(NC(=O)C3(C)CC3)s2)cc1C(=O)N1CCN(C(C)=O)CC1. The predicted molar refractivity (Wildman–Crippen MR) is 128 cm³/mol. The molecule has 0 unspecified atom stereocenters. The molecule has 33 heavy (non-hydrogen) atoms. The first-order valence-corrected chi connectivity index (χ1v) is 12.5. The van der Waals surface area contributed by atoms with Gasteiger partial charge in [0.15, 0.2) is 5.13 Å². The van der Waals surface area contributed by atoms with Crippen LogP contribution in [0, 0.1) is 12.3 Å². The first-order valence-electron chi connectivity index (χ1n) is 10.9. The Labute approximate surface area is 201 Å². The van der Waals surface area contributed by atoms with E-state index in [1.807, 2.05) is 26.0 Å². The monoisotopic (exact) mass is 488 g/mol. The van der Waals surface area contributed by atoms with Gasteiger partial charge in [0.05, 0.1) is 23.1 Å². The van der Waals surface area contributed by atoms with Crippen LogP contribution in [0.5, 0.6) is 5.75 Å². The second-order valence-corrected chi connectivity index (χ2v) is 11.1. The number of hydrogen-bond donors (Lipinski definition) is 1. The van der Waals surface area contributed by atoms with Crippen molar-refractivity contribution in [1.29, 1.82) is 0 Å². The normalized spacial score (nSPS) is 17.0. The van der Waals surface area contributed by atoms with E-state index >= 15 is 0 Å². The Hall–Kier alpha value is -2.59. The van der Waals surface area contributed by atoms with E-state index in [-0.39, 0.29) is 23.1 Å². The number of thiazole rings is 1. The minimum Gasteiger partial charge on any atom is -0.496 e. The zero-order valence-electron chi connectivity index (χ0n) is 19.3. The Kier molecular flexibility index (Phi) is 6.67. The van der Waals surface area contributed by atoms with Crippen molar-refractivity contribution in [2.24, 2.45) is 5.41 Å². The van der Waals surface area contributed by atoms with Crippen molar-refractivity contribution < 1.29 is 19.1 Å². The second-order valence-electron chi connectivity index (χ2n) is 8.72. The number of aryl methyl sites for hydroxylation is 1. The van der Waals surface area contributed by atoms with Gasteiger partial charge >= 0.3 is 0 Å². The minimum atomic E-state index is -0.253. The lowest BCUT2D eigenvalue weighted by molar-refractivity contribution is -0.130. The van der Waals surface area contributed by atoms with E-state index in [2.05, 4.69) is 10.3 Å². The maximum absolute atomic E-state index is 13.3. The van der Waals surface area contributed by atoms with Gasteiger partial charge in [0.1, 0.15) is 5.75 Å². The highest BCUT2D eigenvalue weighted by molar-refractivity contribution is 8.01. The Morgan fingerprint density at radius 1 is 1.15 bits per heavy atom. The molecule has 1 saturated carbocycles. The first kappa shape index (κ1) is 23.6. The molecule has 1 aliphatic carbocycles. The average Bonchev–Trinajstić information content (AvgIpc) is 3.41. The van der Waals surface area contributed by atoms with Gasteiger partial charge in [-0.3, -0.25) is 14.4 Å². The Morgan fingerprint density at radius 2 is 1.82 bits per heavy atom. The summed E-state index contributed by atoms with van der Waals surface area (Å²) in [4.78, 5) is 45.9. The maximum Gasteiger partial charge on any atom is 0.257 e. The number of ether oxygens (including phenoxy) is 1. The van der Waals surface area contributed by atoms with E-state index in [1.54, 1.807) is 30.0 Å². The number of methoxy groups -OCH3 is 1. The largest absolute Gasteiger partial charge is 0.496 e. The Balaban J connectivity index is 1.49. The van der Waals surface area contributed by atoms with Gasteiger partial charge in [-0.2, -0.15) is 0 Å².